The Bertz CT molecular complexity index is 929. The molecule has 4 nitrogen and oxygen atoms in total. The summed E-state index contributed by atoms with van der Waals surface area (Å²) in [5, 5.41) is 1.75. The Morgan fingerprint density at radius 2 is 1.89 bits per heavy atom. The van der Waals surface area contributed by atoms with Crippen molar-refractivity contribution in [2.75, 3.05) is 36.8 Å². The maximum atomic E-state index is 12.5. The van der Waals surface area contributed by atoms with E-state index < -0.39 is 0 Å². The fraction of sp³-hybridized carbons (Fsp3) is 0.333. The van der Waals surface area contributed by atoms with E-state index in [1.165, 1.54) is 5.56 Å². The third-order valence-electron chi connectivity index (χ3n) is 4.93. The van der Waals surface area contributed by atoms with Crippen LogP contribution in [0.25, 0.3) is 10.2 Å². The van der Waals surface area contributed by atoms with Crippen LogP contribution in [-0.4, -0.2) is 47.7 Å². The van der Waals surface area contributed by atoms with Crippen LogP contribution in [0.15, 0.2) is 42.5 Å². The molecule has 0 atom stereocenters. The monoisotopic (exact) mass is 431 g/mol. The molecule has 1 aliphatic rings. The quantitative estimate of drug-likeness (QED) is 0.579. The Labute approximate surface area is 178 Å². The first-order chi connectivity index (χ1) is 13.6. The van der Waals surface area contributed by atoms with E-state index in [1.54, 1.807) is 23.1 Å². The van der Waals surface area contributed by atoms with E-state index >= 15 is 0 Å². The largest absolute Gasteiger partial charge is 0.345 e. The van der Waals surface area contributed by atoms with Gasteiger partial charge in [0.25, 0.3) is 0 Å². The lowest BCUT2D eigenvalue weighted by molar-refractivity contribution is -0.128. The number of hydrogen-bond acceptors (Lipinski definition) is 5. The molecule has 4 rings (SSSR count). The van der Waals surface area contributed by atoms with Gasteiger partial charge in [0, 0.05) is 31.9 Å². The van der Waals surface area contributed by atoms with Crippen LogP contribution in [0, 0.1) is 6.92 Å². The molecule has 1 aliphatic heterocycles. The van der Waals surface area contributed by atoms with Crippen LogP contribution in [-0.2, 0) is 10.5 Å². The summed E-state index contributed by atoms with van der Waals surface area (Å²) in [5.41, 5.74) is 3.39. The van der Waals surface area contributed by atoms with Crippen molar-refractivity contribution < 1.29 is 4.79 Å². The molecule has 0 bridgehead atoms. The number of thiazole rings is 1. The zero-order chi connectivity index (χ0) is 19.5. The molecule has 7 heteroatoms. The van der Waals surface area contributed by atoms with Gasteiger partial charge in [0.15, 0.2) is 5.13 Å². The number of hydrogen-bond donors (Lipinski definition) is 0. The predicted octanol–water partition coefficient (Wildman–Crippen LogP) is 4.84. The van der Waals surface area contributed by atoms with Crippen molar-refractivity contribution in [2.45, 2.75) is 12.7 Å². The SMILES string of the molecule is Cc1ccc(Cl)c2sc(N3CCN(C(=O)CSCc4ccccc4)CC3)nc12. The number of benzene rings is 2. The normalized spacial score (nSPS) is 14.6. The Morgan fingerprint density at radius 1 is 1.14 bits per heavy atom. The minimum absolute atomic E-state index is 0.226. The minimum Gasteiger partial charge on any atom is -0.345 e. The Kier molecular flexibility index (Phi) is 6.09. The summed E-state index contributed by atoms with van der Waals surface area (Å²) in [4.78, 5) is 21.6. The number of aromatic nitrogens is 1. The molecule has 2 aromatic carbocycles. The highest BCUT2D eigenvalue weighted by Gasteiger charge is 2.23. The van der Waals surface area contributed by atoms with Crippen molar-refractivity contribution in [1.82, 2.24) is 9.88 Å². The Hall–Kier alpha value is -1.76. The first-order valence-electron chi connectivity index (χ1n) is 9.32. The average molecular weight is 432 g/mol. The summed E-state index contributed by atoms with van der Waals surface area (Å²) in [6.45, 7) is 5.17. The van der Waals surface area contributed by atoms with Crippen molar-refractivity contribution in [1.29, 1.82) is 0 Å². The highest BCUT2D eigenvalue weighted by atomic mass is 35.5. The van der Waals surface area contributed by atoms with Crippen molar-refractivity contribution >= 4 is 56.0 Å². The second-order valence-corrected chi connectivity index (χ2v) is 9.26. The number of carbonyl (C=O) groups is 1. The summed E-state index contributed by atoms with van der Waals surface area (Å²) >= 11 is 9.66. The smallest absolute Gasteiger partial charge is 0.232 e. The summed E-state index contributed by atoms with van der Waals surface area (Å²) in [7, 11) is 0. The van der Waals surface area contributed by atoms with Gasteiger partial charge < -0.3 is 9.80 Å². The molecule has 0 aliphatic carbocycles. The molecule has 1 fully saturated rings. The van der Waals surface area contributed by atoms with Crippen LogP contribution in [0.5, 0.6) is 0 Å². The number of fused-ring (bicyclic) bond motifs is 1. The summed E-state index contributed by atoms with van der Waals surface area (Å²) in [5.74, 6) is 1.63. The Balaban J connectivity index is 1.31. The fourth-order valence-corrected chi connectivity index (χ4v) is 5.55. The van der Waals surface area contributed by atoms with Crippen molar-refractivity contribution in [3.63, 3.8) is 0 Å². The van der Waals surface area contributed by atoms with E-state index in [0.717, 1.165) is 57.9 Å². The van der Waals surface area contributed by atoms with Gasteiger partial charge in [-0.3, -0.25) is 4.79 Å². The van der Waals surface area contributed by atoms with E-state index in [-0.39, 0.29) is 5.91 Å². The van der Waals surface area contributed by atoms with Gasteiger partial charge in [0.1, 0.15) is 0 Å². The molecule has 3 aromatic rings. The lowest BCUT2D eigenvalue weighted by Gasteiger charge is -2.34. The lowest BCUT2D eigenvalue weighted by atomic mass is 10.2. The van der Waals surface area contributed by atoms with Gasteiger partial charge in [-0.15, -0.1) is 11.8 Å². The zero-order valence-corrected chi connectivity index (χ0v) is 18.1. The summed E-state index contributed by atoms with van der Waals surface area (Å²) in [6, 6.07) is 14.2. The lowest BCUT2D eigenvalue weighted by Crippen LogP contribution is -2.49. The van der Waals surface area contributed by atoms with Gasteiger partial charge in [-0.25, -0.2) is 4.98 Å². The van der Waals surface area contributed by atoms with E-state index in [0.29, 0.717) is 5.75 Å². The molecule has 146 valence electrons. The predicted molar refractivity (Wildman–Crippen MR) is 121 cm³/mol. The molecule has 2 heterocycles. The van der Waals surface area contributed by atoms with E-state index in [9.17, 15) is 4.79 Å². The molecule has 1 aromatic heterocycles. The number of aryl methyl sites for hydroxylation is 1. The number of rotatable bonds is 5. The minimum atomic E-state index is 0.226. The van der Waals surface area contributed by atoms with Gasteiger partial charge in [-0.1, -0.05) is 59.3 Å². The van der Waals surface area contributed by atoms with Gasteiger partial charge in [0.2, 0.25) is 5.91 Å². The molecule has 28 heavy (non-hydrogen) atoms. The molecular formula is C21H22ClN3OS2. The molecule has 0 spiro atoms. The van der Waals surface area contributed by atoms with E-state index in [1.807, 2.05) is 35.2 Å². The topological polar surface area (TPSA) is 36.4 Å². The molecule has 0 unspecified atom stereocenters. The number of halogens is 1. The summed E-state index contributed by atoms with van der Waals surface area (Å²) in [6.07, 6.45) is 0. The average Bonchev–Trinajstić information content (AvgIpc) is 3.19. The third-order valence-corrected chi connectivity index (χ3v) is 7.49. The van der Waals surface area contributed by atoms with Crippen LogP contribution < -0.4 is 4.90 Å². The molecule has 0 radical (unpaired) electrons. The van der Waals surface area contributed by atoms with Crippen LogP contribution >= 0.6 is 34.7 Å². The Morgan fingerprint density at radius 3 is 2.61 bits per heavy atom. The second kappa shape index (κ2) is 8.72. The highest BCUT2D eigenvalue weighted by molar-refractivity contribution is 7.99. The number of nitrogens with zero attached hydrogens (tertiary/aromatic N) is 3. The van der Waals surface area contributed by atoms with Crippen LogP contribution in [0.4, 0.5) is 5.13 Å². The first-order valence-corrected chi connectivity index (χ1v) is 11.7. The third kappa shape index (κ3) is 4.29. The van der Waals surface area contributed by atoms with E-state index in [4.69, 9.17) is 16.6 Å². The maximum absolute atomic E-state index is 12.5. The molecular weight excluding hydrogens is 410 g/mol. The van der Waals surface area contributed by atoms with Gasteiger partial charge >= 0.3 is 0 Å². The van der Waals surface area contributed by atoms with Crippen molar-refractivity contribution in [2.24, 2.45) is 0 Å². The molecule has 0 saturated carbocycles. The fourth-order valence-electron chi connectivity index (χ4n) is 3.29. The highest BCUT2D eigenvalue weighted by Crippen LogP contribution is 2.35. The maximum Gasteiger partial charge on any atom is 0.232 e. The van der Waals surface area contributed by atoms with Gasteiger partial charge in [-0.05, 0) is 24.1 Å². The molecule has 1 saturated heterocycles. The van der Waals surface area contributed by atoms with Crippen molar-refractivity contribution in [3.05, 3.63) is 58.6 Å². The summed E-state index contributed by atoms with van der Waals surface area (Å²) < 4.78 is 1.05. The number of piperazine rings is 1. The number of amides is 1. The molecule has 0 N–H and O–H groups in total. The van der Waals surface area contributed by atoms with Crippen LogP contribution in [0.1, 0.15) is 11.1 Å². The van der Waals surface area contributed by atoms with Crippen LogP contribution in [0.2, 0.25) is 5.02 Å². The first kappa shape index (κ1) is 19.6. The standard InChI is InChI=1S/C21H22ClN3OS2/c1-15-7-8-17(22)20-19(15)23-21(28-20)25-11-9-24(10-12-25)18(26)14-27-13-16-5-3-2-4-6-16/h2-8H,9-14H2,1H3. The van der Waals surface area contributed by atoms with Crippen LogP contribution in [0.3, 0.4) is 0 Å². The zero-order valence-electron chi connectivity index (χ0n) is 15.7. The van der Waals surface area contributed by atoms with E-state index in [2.05, 4.69) is 24.0 Å². The molecule has 1 amide bonds. The number of anilines is 1. The number of thioether (sulfide) groups is 1. The van der Waals surface area contributed by atoms with Gasteiger partial charge in [0.05, 0.1) is 21.0 Å². The number of carbonyl (C=O) groups excluding carboxylic acids is 1. The van der Waals surface area contributed by atoms with Gasteiger partial charge in [-0.2, -0.15) is 0 Å². The van der Waals surface area contributed by atoms with Crippen molar-refractivity contribution in [3.8, 4) is 0 Å². The second-order valence-electron chi connectivity index (χ2n) is 6.88.